The van der Waals surface area contributed by atoms with Crippen LogP contribution in [-0.4, -0.2) is 62.7 Å². The Morgan fingerprint density at radius 2 is 1.80 bits per heavy atom. The molecule has 0 bridgehead atoms. The number of amides is 1. The van der Waals surface area contributed by atoms with E-state index in [-0.39, 0.29) is 36.5 Å². The molecule has 1 amide bonds. The smallest absolute Gasteiger partial charge is 0.406 e. The predicted molar refractivity (Wildman–Crippen MR) is 153 cm³/mol. The van der Waals surface area contributed by atoms with Gasteiger partial charge in [0.15, 0.2) is 0 Å². The molecule has 1 fully saturated rings. The number of hydrogen-bond acceptors (Lipinski definition) is 5. The minimum absolute atomic E-state index is 0.0820. The third-order valence-electron chi connectivity index (χ3n) is 7.17. The van der Waals surface area contributed by atoms with Crippen molar-refractivity contribution in [1.29, 1.82) is 0 Å². The van der Waals surface area contributed by atoms with Gasteiger partial charge in [-0.05, 0) is 75.0 Å². The van der Waals surface area contributed by atoms with Gasteiger partial charge < -0.3 is 30.6 Å². The van der Waals surface area contributed by atoms with Gasteiger partial charge in [0.25, 0.3) is 5.91 Å². The second-order valence-corrected chi connectivity index (χ2v) is 9.93. The van der Waals surface area contributed by atoms with Crippen LogP contribution in [-0.2, 0) is 6.54 Å². The number of anilines is 2. The molecule has 11 heteroatoms. The topological polar surface area (TPSA) is 79.4 Å². The highest BCUT2D eigenvalue weighted by Gasteiger charge is 2.30. The predicted octanol–water partition coefficient (Wildman–Crippen LogP) is 5.32. The zero-order valence-electron chi connectivity index (χ0n) is 23.1. The summed E-state index contributed by atoms with van der Waals surface area (Å²) in [6, 6.07) is 12.5. The summed E-state index contributed by atoms with van der Waals surface area (Å²) in [5, 5.41) is 13.1. The number of carbonyl (C=O) groups is 1. The van der Waals surface area contributed by atoms with Gasteiger partial charge in [0, 0.05) is 35.8 Å². The van der Waals surface area contributed by atoms with Gasteiger partial charge in [0.05, 0.1) is 23.4 Å². The Labute approximate surface area is 237 Å². The number of nitrogens with zero attached hydrogens (tertiary/aromatic N) is 1. The molecule has 1 heterocycles. The Bertz CT molecular complexity index is 1400. The summed E-state index contributed by atoms with van der Waals surface area (Å²) in [6.07, 6.45) is -0.393. The van der Waals surface area contributed by atoms with Gasteiger partial charge in [-0.15, -0.1) is 0 Å². The third-order valence-corrected chi connectivity index (χ3v) is 7.17. The molecule has 41 heavy (non-hydrogen) atoms. The van der Waals surface area contributed by atoms with Crippen LogP contribution in [0.2, 0.25) is 0 Å². The third kappa shape index (κ3) is 7.85. The van der Waals surface area contributed by atoms with Crippen molar-refractivity contribution in [1.82, 2.24) is 15.2 Å². The first-order valence-electron chi connectivity index (χ1n) is 13.6. The van der Waals surface area contributed by atoms with Crippen molar-refractivity contribution >= 4 is 28.2 Å². The summed E-state index contributed by atoms with van der Waals surface area (Å²) in [7, 11) is 3.46. The molecule has 1 aliphatic carbocycles. The molecular formula is C30H35F4N5O2. The van der Waals surface area contributed by atoms with Gasteiger partial charge in [-0.3, -0.25) is 4.79 Å². The molecule has 1 saturated carbocycles. The molecule has 0 unspecified atom stereocenters. The zero-order chi connectivity index (χ0) is 29.4. The SMILES string of the molecule is CNC(=O)c1ccc(NCC#Cc2cc3c(NC4CCC(NC)CC4)cccc3n2CC(F)(F)F)c(OCCF)c1. The van der Waals surface area contributed by atoms with Crippen LogP contribution in [0.4, 0.5) is 28.9 Å². The van der Waals surface area contributed by atoms with E-state index < -0.39 is 19.4 Å². The minimum Gasteiger partial charge on any atom is -0.489 e. The van der Waals surface area contributed by atoms with Crippen LogP contribution in [0.15, 0.2) is 42.5 Å². The van der Waals surface area contributed by atoms with Crippen LogP contribution in [0, 0.1) is 11.8 Å². The van der Waals surface area contributed by atoms with Crippen molar-refractivity contribution in [2.75, 3.05) is 44.6 Å². The molecule has 4 N–H and O–H groups in total. The highest BCUT2D eigenvalue weighted by molar-refractivity contribution is 5.95. The van der Waals surface area contributed by atoms with Crippen LogP contribution < -0.4 is 26.0 Å². The Kier molecular flexibility index (Phi) is 10.00. The van der Waals surface area contributed by atoms with E-state index in [1.165, 1.54) is 17.7 Å². The average molecular weight is 574 g/mol. The fourth-order valence-electron chi connectivity index (χ4n) is 5.11. The lowest BCUT2D eigenvalue weighted by Gasteiger charge is -2.29. The number of aromatic nitrogens is 1. The maximum atomic E-state index is 13.6. The number of halogens is 4. The second-order valence-electron chi connectivity index (χ2n) is 9.93. The van der Waals surface area contributed by atoms with E-state index in [4.69, 9.17) is 4.74 Å². The molecule has 220 valence electrons. The molecular weight excluding hydrogens is 538 g/mol. The van der Waals surface area contributed by atoms with E-state index in [0.717, 1.165) is 31.4 Å². The molecule has 2 aromatic carbocycles. The number of hydrogen-bond donors (Lipinski definition) is 4. The number of rotatable bonds is 10. The standard InChI is InChI=1S/C30H35F4N5O2/c1-35-21-9-11-22(12-10-21)38-25-6-3-7-27-24(25)18-23(39(27)19-30(32,33)34)5-4-15-37-26-13-8-20(29(40)36-2)17-28(26)41-16-14-31/h3,6-8,13,17-18,21-22,35,37-38H,9-12,14-16,19H2,1-2H3,(H,36,40). The Balaban J connectivity index is 1.57. The fourth-order valence-corrected chi connectivity index (χ4v) is 5.11. The van der Waals surface area contributed by atoms with Crippen LogP contribution in [0.25, 0.3) is 10.9 Å². The number of benzene rings is 2. The molecule has 7 nitrogen and oxygen atoms in total. The maximum Gasteiger partial charge on any atom is 0.406 e. The van der Waals surface area contributed by atoms with Gasteiger partial charge >= 0.3 is 6.18 Å². The Morgan fingerprint density at radius 1 is 1.05 bits per heavy atom. The highest BCUT2D eigenvalue weighted by atomic mass is 19.4. The molecule has 4 rings (SSSR count). The van der Waals surface area contributed by atoms with E-state index in [1.54, 1.807) is 30.3 Å². The molecule has 0 saturated heterocycles. The van der Waals surface area contributed by atoms with Gasteiger partial charge in [-0.1, -0.05) is 12.0 Å². The lowest BCUT2D eigenvalue weighted by atomic mass is 9.91. The number of ether oxygens (including phenoxy) is 1. The summed E-state index contributed by atoms with van der Waals surface area (Å²) in [5.41, 5.74) is 2.32. The van der Waals surface area contributed by atoms with Crippen molar-refractivity contribution in [3.8, 4) is 17.6 Å². The van der Waals surface area contributed by atoms with Crippen LogP contribution in [0.5, 0.6) is 5.75 Å². The van der Waals surface area contributed by atoms with Gasteiger partial charge in [0.1, 0.15) is 25.6 Å². The molecule has 0 aliphatic heterocycles. The second kappa shape index (κ2) is 13.6. The normalized spacial score (nSPS) is 17.0. The van der Waals surface area contributed by atoms with Gasteiger partial charge in [-0.2, -0.15) is 13.2 Å². The fraction of sp³-hybridized carbons (Fsp3) is 0.433. The van der Waals surface area contributed by atoms with Crippen molar-refractivity contribution in [3.63, 3.8) is 0 Å². The molecule has 1 aliphatic rings. The lowest BCUT2D eigenvalue weighted by Crippen LogP contribution is -2.34. The van der Waals surface area contributed by atoms with Crippen molar-refractivity contribution in [3.05, 3.63) is 53.7 Å². The van der Waals surface area contributed by atoms with E-state index in [9.17, 15) is 22.4 Å². The molecule has 0 atom stereocenters. The first-order chi connectivity index (χ1) is 19.7. The summed E-state index contributed by atoms with van der Waals surface area (Å²) in [5.74, 6) is 5.74. The molecule has 3 aromatic rings. The Morgan fingerprint density at radius 3 is 2.49 bits per heavy atom. The first kappa shape index (κ1) is 30.1. The lowest BCUT2D eigenvalue weighted by molar-refractivity contribution is -0.140. The summed E-state index contributed by atoms with van der Waals surface area (Å²) >= 11 is 0. The van der Waals surface area contributed by atoms with E-state index in [2.05, 4.69) is 33.1 Å². The van der Waals surface area contributed by atoms with Crippen molar-refractivity contribution < 1.29 is 27.1 Å². The number of alkyl halides is 4. The van der Waals surface area contributed by atoms with E-state index >= 15 is 0 Å². The quantitative estimate of drug-likeness (QED) is 0.195. The number of fused-ring (bicyclic) bond motifs is 1. The molecule has 1 aromatic heterocycles. The molecule has 0 radical (unpaired) electrons. The number of carbonyl (C=O) groups excluding carboxylic acids is 1. The Hall–Kier alpha value is -3.91. The van der Waals surface area contributed by atoms with Crippen LogP contribution >= 0.6 is 0 Å². The van der Waals surface area contributed by atoms with Gasteiger partial charge in [-0.25, -0.2) is 4.39 Å². The summed E-state index contributed by atoms with van der Waals surface area (Å²) in [6.45, 7) is -1.98. The first-order valence-corrected chi connectivity index (χ1v) is 13.6. The zero-order valence-corrected chi connectivity index (χ0v) is 23.1. The minimum atomic E-state index is -4.43. The maximum absolute atomic E-state index is 13.6. The van der Waals surface area contributed by atoms with Crippen molar-refractivity contribution in [2.24, 2.45) is 0 Å². The van der Waals surface area contributed by atoms with Crippen LogP contribution in [0.3, 0.4) is 0 Å². The molecule has 0 spiro atoms. The number of nitrogens with one attached hydrogen (secondary N) is 4. The average Bonchev–Trinajstić information content (AvgIpc) is 3.31. The summed E-state index contributed by atoms with van der Waals surface area (Å²) in [4.78, 5) is 12.0. The summed E-state index contributed by atoms with van der Waals surface area (Å²) < 4.78 is 60.1. The van der Waals surface area contributed by atoms with E-state index in [1.807, 2.05) is 13.1 Å². The monoisotopic (exact) mass is 573 g/mol. The largest absolute Gasteiger partial charge is 0.489 e. The van der Waals surface area contributed by atoms with Crippen LogP contribution in [0.1, 0.15) is 41.7 Å². The highest BCUT2D eigenvalue weighted by Crippen LogP contribution is 2.32. The van der Waals surface area contributed by atoms with E-state index in [0.29, 0.717) is 28.2 Å². The van der Waals surface area contributed by atoms with Gasteiger partial charge in [0.2, 0.25) is 0 Å². The van der Waals surface area contributed by atoms with Crippen molar-refractivity contribution in [2.45, 2.75) is 50.5 Å².